The first-order valence-corrected chi connectivity index (χ1v) is 9.92. The minimum absolute atomic E-state index is 0.145. The summed E-state index contributed by atoms with van der Waals surface area (Å²) < 4.78 is 18.6. The third-order valence-electron chi connectivity index (χ3n) is 3.61. The van der Waals surface area contributed by atoms with Crippen molar-refractivity contribution in [2.45, 2.75) is 90.4 Å². The minimum Gasteiger partial charge on any atom is -0.301 e. The van der Waals surface area contributed by atoms with Crippen LogP contribution in [0.1, 0.15) is 90.4 Å². The molecule has 6 heteroatoms. The largest absolute Gasteiger partial charge is 0.499 e. The first-order chi connectivity index (χ1) is 10.1. The highest BCUT2D eigenvalue weighted by Crippen LogP contribution is 2.41. The zero-order chi connectivity index (χ0) is 15.8. The fraction of sp³-hybridized carbons (Fsp3) is 1.00. The van der Waals surface area contributed by atoms with Crippen LogP contribution in [0, 0.1) is 0 Å². The third-order valence-corrected chi connectivity index (χ3v) is 4.32. The maximum atomic E-state index is 10.8. The van der Waals surface area contributed by atoms with Gasteiger partial charge in [-0.05, 0) is 6.42 Å². The van der Waals surface area contributed by atoms with Gasteiger partial charge in [-0.15, -0.1) is 4.67 Å². The van der Waals surface area contributed by atoms with Crippen LogP contribution in [0.2, 0.25) is 0 Å². The summed E-state index contributed by atoms with van der Waals surface area (Å²) in [5.74, 6) is 0. The molecule has 0 aliphatic heterocycles. The standard InChI is InChI=1S/C15H33O5P/c1-2-3-4-5-6-7-8-9-10-11-12-13-14-15-19-21(17,18)20-16/h16H,2-15H2,1H3,(H,17,18). The van der Waals surface area contributed by atoms with Crippen LogP contribution in [-0.4, -0.2) is 16.8 Å². The van der Waals surface area contributed by atoms with E-state index in [0.29, 0.717) is 6.42 Å². The topological polar surface area (TPSA) is 76.0 Å². The maximum absolute atomic E-state index is 10.8. The van der Waals surface area contributed by atoms with Gasteiger partial charge < -0.3 is 4.89 Å². The summed E-state index contributed by atoms with van der Waals surface area (Å²) in [6.07, 6.45) is 16.2. The van der Waals surface area contributed by atoms with Crippen LogP contribution in [0.25, 0.3) is 0 Å². The minimum atomic E-state index is -4.20. The van der Waals surface area contributed by atoms with Crippen molar-refractivity contribution in [2.75, 3.05) is 6.61 Å². The highest BCUT2D eigenvalue weighted by molar-refractivity contribution is 7.47. The molecule has 0 rings (SSSR count). The lowest BCUT2D eigenvalue weighted by Crippen LogP contribution is -1.94. The smallest absolute Gasteiger partial charge is 0.301 e. The number of hydrogen-bond donors (Lipinski definition) is 2. The third kappa shape index (κ3) is 16.3. The molecular weight excluding hydrogens is 291 g/mol. The van der Waals surface area contributed by atoms with Gasteiger partial charge in [0.25, 0.3) is 0 Å². The number of rotatable bonds is 16. The molecule has 0 radical (unpaired) electrons. The molecule has 0 saturated carbocycles. The van der Waals surface area contributed by atoms with Gasteiger partial charge in [0.05, 0.1) is 6.61 Å². The molecule has 0 aliphatic carbocycles. The summed E-state index contributed by atoms with van der Waals surface area (Å²) in [7, 11) is -4.20. The van der Waals surface area contributed by atoms with Gasteiger partial charge in [0.2, 0.25) is 0 Å². The van der Waals surface area contributed by atoms with E-state index in [4.69, 9.17) is 10.2 Å². The lowest BCUT2D eigenvalue weighted by atomic mass is 10.0. The lowest BCUT2D eigenvalue weighted by Gasteiger charge is -2.07. The van der Waals surface area contributed by atoms with Gasteiger partial charge in [-0.2, -0.15) is 0 Å². The Kier molecular flexibility index (Phi) is 15.0. The molecule has 2 N–H and O–H groups in total. The predicted octanol–water partition coefficient (Wildman–Crippen LogP) is 5.68. The number of unbranched alkanes of at least 4 members (excludes halogenated alkanes) is 12. The van der Waals surface area contributed by atoms with E-state index in [-0.39, 0.29) is 6.61 Å². The molecular formula is C15H33O5P. The second-order valence-electron chi connectivity index (χ2n) is 5.63. The SMILES string of the molecule is CCCCCCCCCCCCCCCOP(=O)(O)OO. The monoisotopic (exact) mass is 324 g/mol. The summed E-state index contributed by atoms with van der Waals surface area (Å²) in [5.41, 5.74) is 0. The van der Waals surface area contributed by atoms with E-state index in [0.717, 1.165) is 12.8 Å². The van der Waals surface area contributed by atoms with Crippen molar-refractivity contribution >= 4 is 7.82 Å². The summed E-state index contributed by atoms with van der Waals surface area (Å²) >= 11 is 0. The molecule has 5 nitrogen and oxygen atoms in total. The molecule has 0 aliphatic rings. The van der Waals surface area contributed by atoms with Gasteiger partial charge in [0, 0.05) is 0 Å². The summed E-state index contributed by atoms with van der Waals surface area (Å²) in [6.45, 7) is 2.39. The van der Waals surface area contributed by atoms with E-state index in [9.17, 15) is 4.57 Å². The summed E-state index contributed by atoms with van der Waals surface area (Å²) in [5, 5.41) is 8.06. The highest BCUT2D eigenvalue weighted by Gasteiger charge is 2.19. The lowest BCUT2D eigenvalue weighted by molar-refractivity contribution is -0.162. The van der Waals surface area contributed by atoms with Gasteiger partial charge in [-0.3, -0.25) is 4.52 Å². The zero-order valence-electron chi connectivity index (χ0n) is 13.5. The van der Waals surface area contributed by atoms with Crippen LogP contribution in [0.3, 0.4) is 0 Å². The quantitative estimate of drug-likeness (QED) is 0.165. The number of hydrogen-bond acceptors (Lipinski definition) is 4. The molecule has 0 aromatic rings. The van der Waals surface area contributed by atoms with Crippen molar-refractivity contribution in [1.82, 2.24) is 0 Å². The van der Waals surface area contributed by atoms with E-state index >= 15 is 0 Å². The Bertz CT molecular complexity index is 260. The molecule has 128 valence electrons. The molecule has 0 bridgehead atoms. The fourth-order valence-corrected chi connectivity index (χ4v) is 2.73. The van der Waals surface area contributed by atoms with Gasteiger partial charge in [-0.1, -0.05) is 84.0 Å². The van der Waals surface area contributed by atoms with Gasteiger partial charge in [0.15, 0.2) is 0 Å². The van der Waals surface area contributed by atoms with E-state index in [2.05, 4.69) is 16.1 Å². The molecule has 0 aromatic heterocycles. The van der Waals surface area contributed by atoms with Gasteiger partial charge >= 0.3 is 7.82 Å². The van der Waals surface area contributed by atoms with Crippen LogP contribution in [0.5, 0.6) is 0 Å². The van der Waals surface area contributed by atoms with E-state index in [1.54, 1.807) is 0 Å². The first-order valence-electron chi connectivity index (χ1n) is 8.43. The van der Waals surface area contributed by atoms with Gasteiger partial charge in [-0.25, -0.2) is 9.82 Å². The maximum Gasteiger partial charge on any atom is 0.499 e. The molecule has 0 heterocycles. The Hall–Kier alpha value is 0.0700. The second-order valence-corrected chi connectivity index (χ2v) is 6.98. The highest BCUT2D eigenvalue weighted by atomic mass is 31.2. The van der Waals surface area contributed by atoms with E-state index < -0.39 is 7.82 Å². The average molecular weight is 324 g/mol. The summed E-state index contributed by atoms with van der Waals surface area (Å²) in [6, 6.07) is 0. The van der Waals surface area contributed by atoms with Gasteiger partial charge in [0.1, 0.15) is 0 Å². The molecule has 0 aromatic carbocycles. The molecule has 0 amide bonds. The Morgan fingerprint density at radius 2 is 1.14 bits per heavy atom. The molecule has 0 saturated heterocycles. The van der Waals surface area contributed by atoms with Crippen molar-refractivity contribution in [3.8, 4) is 0 Å². The molecule has 0 spiro atoms. The molecule has 1 atom stereocenters. The normalized spacial score (nSPS) is 14.2. The molecule has 21 heavy (non-hydrogen) atoms. The van der Waals surface area contributed by atoms with Crippen LogP contribution < -0.4 is 0 Å². The Balaban J connectivity index is 3.08. The van der Waals surface area contributed by atoms with Crippen molar-refractivity contribution in [2.24, 2.45) is 0 Å². The van der Waals surface area contributed by atoms with Crippen LogP contribution in [0.15, 0.2) is 0 Å². The van der Waals surface area contributed by atoms with Crippen molar-refractivity contribution in [3.05, 3.63) is 0 Å². The van der Waals surface area contributed by atoms with Crippen LogP contribution in [-0.2, 0) is 13.8 Å². The van der Waals surface area contributed by atoms with Crippen molar-refractivity contribution in [1.29, 1.82) is 0 Å². The van der Waals surface area contributed by atoms with Crippen molar-refractivity contribution < 1.29 is 23.9 Å². The van der Waals surface area contributed by atoms with E-state index in [1.165, 1.54) is 64.2 Å². The van der Waals surface area contributed by atoms with Crippen LogP contribution in [0.4, 0.5) is 0 Å². The van der Waals surface area contributed by atoms with E-state index in [1.807, 2.05) is 0 Å². The number of phosphoric acid groups is 1. The first kappa shape index (κ1) is 21.1. The Labute approximate surface area is 129 Å². The summed E-state index contributed by atoms with van der Waals surface area (Å²) in [4.78, 5) is 8.78. The van der Waals surface area contributed by atoms with Crippen molar-refractivity contribution in [3.63, 3.8) is 0 Å². The Morgan fingerprint density at radius 1 is 0.762 bits per heavy atom. The fourth-order valence-electron chi connectivity index (χ4n) is 2.32. The molecule has 1 unspecified atom stereocenters. The average Bonchev–Trinajstić information content (AvgIpc) is 2.47. The van der Waals surface area contributed by atoms with Crippen LogP contribution >= 0.6 is 7.82 Å². The predicted molar refractivity (Wildman–Crippen MR) is 85.2 cm³/mol. The number of phosphoric ester groups is 1. The molecule has 0 fully saturated rings. The zero-order valence-corrected chi connectivity index (χ0v) is 14.4. The second kappa shape index (κ2) is 15.0. The Morgan fingerprint density at radius 3 is 1.52 bits per heavy atom.